The van der Waals surface area contributed by atoms with Crippen molar-refractivity contribution >= 4 is 28.1 Å². The van der Waals surface area contributed by atoms with Gasteiger partial charge in [0.05, 0.1) is 12.8 Å². The van der Waals surface area contributed by atoms with Gasteiger partial charge in [-0.1, -0.05) is 0 Å². The number of amides is 2. The molecule has 1 aromatic carbocycles. The molecule has 0 saturated carbocycles. The minimum Gasteiger partial charge on any atom is -0.494 e. The van der Waals surface area contributed by atoms with Crippen LogP contribution in [0.4, 0.5) is 4.39 Å². The van der Waals surface area contributed by atoms with Gasteiger partial charge in [0.2, 0.25) is 5.91 Å². The highest BCUT2D eigenvalue weighted by molar-refractivity contribution is 7.15. The molecule has 3 aromatic rings. The number of hydrogen-bond acceptors (Lipinski definition) is 5. The Morgan fingerprint density at radius 2 is 2.14 bits per heavy atom. The van der Waals surface area contributed by atoms with E-state index < -0.39 is 11.9 Å². The van der Waals surface area contributed by atoms with E-state index in [2.05, 4.69) is 4.98 Å². The van der Waals surface area contributed by atoms with Crippen LogP contribution in [0.2, 0.25) is 0 Å². The standard InChI is InChI=1S/C19H19FN4O3S/c1-11-17(25)22(2)6-7-23(11)18(26)15-10-28-19-21-14(9-24(15)19)12-4-5-16(27-3)13(20)8-12/h4-5,8-11H,6-7H2,1-3H3/t11-/m0/s1. The summed E-state index contributed by atoms with van der Waals surface area (Å²) in [5.74, 6) is -0.608. The van der Waals surface area contributed by atoms with E-state index in [9.17, 15) is 14.0 Å². The molecule has 4 rings (SSSR count). The zero-order chi connectivity index (χ0) is 20.0. The molecule has 0 spiro atoms. The first kappa shape index (κ1) is 18.4. The van der Waals surface area contributed by atoms with Crippen LogP contribution in [0.5, 0.6) is 5.75 Å². The average molecular weight is 402 g/mol. The van der Waals surface area contributed by atoms with E-state index in [1.54, 1.807) is 51.9 Å². The van der Waals surface area contributed by atoms with Crippen LogP contribution >= 0.6 is 11.3 Å². The molecule has 28 heavy (non-hydrogen) atoms. The maximum atomic E-state index is 14.0. The molecule has 1 atom stereocenters. The summed E-state index contributed by atoms with van der Waals surface area (Å²) in [5, 5.41) is 1.73. The third kappa shape index (κ3) is 2.91. The maximum Gasteiger partial charge on any atom is 0.272 e. The quantitative estimate of drug-likeness (QED) is 0.675. The molecular weight excluding hydrogens is 383 g/mol. The SMILES string of the molecule is COc1ccc(-c2cn3c(C(=O)N4CCN(C)C(=O)[C@@H]4C)csc3n2)cc1F. The summed E-state index contributed by atoms with van der Waals surface area (Å²) in [6.45, 7) is 2.71. The van der Waals surface area contributed by atoms with Crippen molar-refractivity contribution in [3.8, 4) is 17.0 Å². The Kier molecular flexibility index (Phi) is 4.54. The Hall–Kier alpha value is -2.94. The number of carbonyl (C=O) groups is 2. The molecule has 3 heterocycles. The summed E-state index contributed by atoms with van der Waals surface area (Å²) in [4.78, 5) is 33.6. The van der Waals surface area contributed by atoms with E-state index in [1.165, 1.54) is 24.5 Å². The van der Waals surface area contributed by atoms with Gasteiger partial charge in [-0.2, -0.15) is 0 Å². The second kappa shape index (κ2) is 6.90. The summed E-state index contributed by atoms with van der Waals surface area (Å²) >= 11 is 1.33. The van der Waals surface area contributed by atoms with Gasteiger partial charge in [-0.25, -0.2) is 9.37 Å². The van der Waals surface area contributed by atoms with E-state index in [0.29, 0.717) is 35.0 Å². The summed E-state index contributed by atoms with van der Waals surface area (Å²) in [6.07, 6.45) is 1.71. The number of ether oxygens (including phenoxy) is 1. The molecule has 0 radical (unpaired) electrons. The lowest BCUT2D eigenvalue weighted by Gasteiger charge is -2.37. The Balaban J connectivity index is 1.67. The highest BCUT2D eigenvalue weighted by Gasteiger charge is 2.34. The van der Waals surface area contributed by atoms with Crippen LogP contribution in [0, 0.1) is 5.82 Å². The van der Waals surface area contributed by atoms with Gasteiger partial charge in [-0.15, -0.1) is 11.3 Å². The van der Waals surface area contributed by atoms with Crippen LogP contribution in [0.15, 0.2) is 29.8 Å². The van der Waals surface area contributed by atoms with Crippen molar-refractivity contribution in [2.75, 3.05) is 27.2 Å². The van der Waals surface area contributed by atoms with Gasteiger partial charge in [0.1, 0.15) is 11.7 Å². The van der Waals surface area contributed by atoms with Gasteiger partial charge >= 0.3 is 0 Å². The minimum atomic E-state index is -0.514. The Morgan fingerprint density at radius 3 is 2.86 bits per heavy atom. The van der Waals surface area contributed by atoms with Crippen molar-refractivity contribution in [1.29, 1.82) is 0 Å². The van der Waals surface area contributed by atoms with E-state index in [0.717, 1.165) is 0 Å². The number of carbonyl (C=O) groups excluding carboxylic acids is 2. The molecule has 0 aliphatic carbocycles. The summed E-state index contributed by atoms with van der Waals surface area (Å²) < 4.78 is 20.7. The zero-order valence-corrected chi connectivity index (χ0v) is 16.5. The molecule has 0 bridgehead atoms. The fourth-order valence-corrected chi connectivity index (χ4v) is 4.19. The smallest absolute Gasteiger partial charge is 0.272 e. The van der Waals surface area contributed by atoms with Crippen LogP contribution in [0.1, 0.15) is 17.4 Å². The molecule has 146 valence electrons. The highest BCUT2D eigenvalue weighted by Crippen LogP contribution is 2.28. The van der Waals surface area contributed by atoms with Gasteiger partial charge in [0, 0.05) is 37.3 Å². The number of fused-ring (bicyclic) bond motifs is 1. The van der Waals surface area contributed by atoms with Crippen molar-refractivity contribution in [3.05, 3.63) is 41.3 Å². The highest BCUT2D eigenvalue weighted by atomic mass is 32.1. The van der Waals surface area contributed by atoms with Gasteiger partial charge in [-0.3, -0.25) is 14.0 Å². The largest absolute Gasteiger partial charge is 0.494 e. The molecule has 0 unspecified atom stereocenters. The summed E-state index contributed by atoms with van der Waals surface area (Å²) in [5.41, 5.74) is 1.60. The van der Waals surface area contributed by atoms with Crippen LogP contribution in [-0.2, 0) is 4.79 Å². The third-order valence-electron chi connectivity index (χ3n) is 5.01. The van der Waals surface area contributed by atoms with Crippen molar-refractivity contribution in [3.63, 3.8) is 0 Å². The van der Waals surface area contributed by atoms with Crippen molar-refractivity contribution in [1.82, 2.24) is 19.2 Å². The second-order valence-corrected chi connectivity index (χ2v) is 7.52. The number of thiazole rings is 1. The van der Waals surface area contributed by atoms with E-state index in [1.807, 2.05) is 0 Å². The first-order valence-corrected chi connectivity index (χ1v) is 9.65. The van der Waals surface area contributed by atoms with Crippen molar-refractivity contribution in [2.24, 2.45) is 0 Å². The Morgan fingerprint density at radius 1 is 1.36 bits per heavy atom. The predicted molar refractivity (Wildman–Crippen MR) is 103 cm³/mol. The lowest BCUT2D eigenvalue weighted by molar-refractivity contribution is -0.137. The molecule has 1 fully saturated rings. The fourth-order valence-electron chi connectivity index (χ4n) is 3.34. The molecule has 1 saturated heterocycles. The zero-order valence-electron chi connectivity index (χ0n) is 15.7. The number of methoxy groups -OCH3 is 1. The number of nitrogens with zero attached hydrogens (tertiary/aromatic N) is 4. The van der Waals surface area contributed by atoms with E-state index in [-0.39, 0.29) is 17.6 Å². The number of likely N-dealkylation sites (N-methyl/N-ethyl adjacent to an activating group) is 1. The molecule has 7 nitrogen and oxygen atoms in total. The normalized spacial score (nSPS) is 17.4. The van der Waals surface area contributed by atoms with Gasteiger partial charge in [0.15, 0.2) is 16.5 Å². The van der Waals surface area contributed by atoms with Crippen molar-refractivity contribution < 1.29 is 18.7 Å². The number of hydrogen-bond donors (Lipinski definition) is 0. The Labute approximate surface area is 165 Å². The minimum absolute atomic E-state index is 0.0777. The number of imidazole rings is 1. The first-order chi connectivity index (χ1) is 13.4. The predicted octanol–water partition coefficient (Wildman–Crippen LogP) is 2.51. The molecule has 0 N–H and O–H groups in total. The number of halogens is 1. The molecular formula is C19H19FN4O3S. The van der Waals surface area contributed by atoms with Gasteiger partial charge in [0.25, 0.3) is 5.91 Å². The number of aromatic nitrogens is 2. The summed E-state index contributed by atoms with van der Waals surface area (Å²) in [7, 11) is 3.15. The molecule has 2 aromatic heterocycles. The average Bonchev–Trinajstić information content (AvgIpc) is 3.26. The third-order valence-corrected chi connectivity index (χ3v) is 5.85. The lowest BCUT2D eigenvalue weighted by atomic mass is 10.1. The maximum absolute atomic E-state index is 14.0. The van der Waals surface area contributed by atoms with Gasteiger partial charge in [-0.05, 0) is 25.1 Å². The van der Waals surface area contributed by atoms with Crippen LogP contribution in [-0.4, -0.2) is 64.3 Å². The molecule has 1 aliphatic rings. The van der Waals surface area contributed by atoms with E-state index >= 15 is 0 Å². The summed E-state index contributed by atoms with van der Waals surface area (Å²) in [6, 6.07) is 4.10. The first-order valence-electron chi connectivity index (χ1n) is 8.77. The van der Waals surface area contributed by atoms with E-state index in [4.69, 9.17) is 4.74 Å². The molecule has 1 aliphatic heterocycles. The van der Waals surface area contributed by atoms with Crippen molar-refractivity contribution in [2.45, 2.75) is 13.0 Å². The fraction of sp³-hybridized carbons (Fsp3) is 0.316. The van der Waals surface area contributed by atoms with Crippen LogP contribution < -0.4 is 4.74 Å². The molecule has 2 amide bonds. The monoisotopic (exact) mass is 402 g/mol. The van der Waals surface area contributed by atoms with Crippen LogP contribution in [0.3, 0.4) is 0 Å². The topological polar surface area (TPSA) is 67.2 Å². The Bertz CT molecular complexity index is 1080. The number of benzene rings is 1. The van der Waals surface area contributed by atoms with Crippen LogP contribution in [0.25, 0.3) is 16.2 Å². The second-order valence-electron chi connectivity index (χ2n) is 6.68. The lowest BCUT2D eigenvalue weighted by Crippen LogP contribution is -2.56. The number of rotatable bonds is 3. The van der Waals surface area contributed by atoms with Gasteiger partial charge < -0.3 is 14.5 Å². The molecule has 9 heteroatoms. The number of piperazine rings is 1.